The normalized spacial score (nSPS) is 17.5. The maximum absolute atomic E-state index is 12.9. The number of halogens is 1. The Morgan fingerprint density at radius 1 is 1.18 bits per heavy atom. The van der Waals surface area contributed by atoms with Crippen molar-refractivity contribution in [2.45, 2.75) is 25.4 Å². The summed E-state index contributed by atoms with van der Waals surface area (Å²) in [6, 6.07) is 12.3. The van der Waals surface area contributed by atoms with Crippen LogP contribution in [0.3, 0.4) is 0 Å². The molecule has 1 saturated heterocycles. The lowest BCUT2D eigenvalue weighted by Gasteiger charge is -2.22. The number of aromatic amines is 1. The van der Waals surface area contributed by atoms with Crippen LogP contribution in [0.5, 0.6) is 0 Å². The topological polar surface area (TPSA) is 49.0 Å². The van der Waals surface area contributed by atoms with Gasteiger partial charge in [-0.25, -0.2) is 4.98 Å². The highest BCUT2D eigenvalue weighted by atomic mass is 35.5. The number of H-pyrrole nitrogens is 1. The van der Waals surface area contributed by atoms with Gasteiger partial charge in [-0.1, -0.05) is 35.9 Å². The van der Waals surface area contributed by atoms with E-state index in [9.17, 15) is 4.79 Å². The lowest BCUT2D eigenvalue weighted by Crippen LogP contribution is -2.25. The summed E-state index contributed by atoms with van der Waals surface area (Å²) in [4.78, 5) is 25.3. The zero-order valence-electron chi connectivity index (χ0n) is 15.0. The van der Waals surface area contributed by atoms with Crippen LogP contribution in [0.15, 0.2) is 52.0 Å². The molecule has 1 aliphatic heterocycles. The van der Waals surface area contributed by atoms with Crippen molar-refractivity contribution in [3.8, 4) is 11.1 Å². The highest BCUT2D eigenvalue weighted by Crippen LogP contribution is 2.37. The molecule has 1 unspecified atom stereocenters. The summed E-state index contributed by atoms with van der Waals surface area (Å²) in [7, 11) is 0. The zero-order valence-corrected chi connectivity index (χ0v) is 17.4. The number of hydrogen-bond donors (Lipinski definition) is 1. The molecule has 0 aliphatic carbocycles. The minimum atomic E-state index is -0.0944. The van der Waals surface area contributed by atoms with Crippen molar-refractivity contribution in [3.05, 3.63) is 73.2 Å². The van der Waals surface area contributed by atoms with Crippen molar-refractivity contribution >= 4 is 44.5 Å². The van der Waals surface area contributed by atoms with Crippen molar-refractivity contribution in [3.63, 3.8) is 0 Å². The number of nitrogens with zero attached hydrogens (tertiary/aromatic N) is 2. The van der Waals surface area contributed by atoms with Gasteiger partial charge in [-0.3, -0.25) is 9.69 Å². The van der Waals surface area contributed by atoms with Gasteiger partial charge in [-0.05, 0) is 36.9 Å². The largest absolute Gasteiger partial charge is 0.309 e. The Labute approximate surface area is 175 Å². The van der Waals surface area contributed by atoms with Crippen LogP contribution in [0, 0.1) is 0 Å². The second kappa shape index (κ2) is 7.44. The summed E-state index contributed by atoms with van der Waals surface area (Å²) in [5, 5.41) is 5.36. The van der Waals surface area contributed by atoms with Crippen molar-refractivity contribution in [1.82, 2.24) is 14.9 Å². The standard InChI is InChI=1S/C21H18ClN3OS2/c22-15-6-2-1-5-13(15)14-12-28-21-19(14)20(26)23-18(24-21)11-25-9-3-7-16(25)17-8-4-10-27-17/h1-2,4-6,8,10,12,16H,3,7,9,11H2,(H,23,24,26). The number of thiophene rings is 2. The van der Waals surface area contributed by atoms with Gasteiger partial charge in [0, 0.05) is 32.4 Å². The van der Waals surface area contributed by atoms with Crippen LogP contribution >= 0.6 is 34.3 Å². The third kappa shape index (κ3) is 3.20. The highest BCUT2D eigenvalue weighted by molar-refractivity contribution is 7.17. The van der Waals surface area contributed by atoms with E-state index >= 15 is 0 Å². The maximum atomic E-state index is 12.9. The van der Waals surface area contributed by atoms with Crippen molar-refractivity contribution in [2.24, 2.45) is 0 Å². The first kappa shape index (κ1) is 18.1. The summed E-state index contributed by atoms with van der Waals surface area (Å²) in [6.07, 6.45) is 2.33. The van der Waals surface area contributed by atoms with E-state index in [2.05, 4.69) is 27.4 Å². The molecule has 4 nitrogen and oxygen atoms in total. The Hall–Kier alpha value is -1.99. The van der Waals surface area contributed by atoms with Gasteiger partial charge in [0.15, 0.2) is 0 Å². The third-order valence-electron chi connectivity index (χ3n) is 5.25. The van der Waals surface area contributed by atoms with E-state index < -0.39 is 0 Å². The number of benzene rings is 1. The molecular weight excluding hydrogens is 410 g/mol. The predicted molar refractivity (Wildman–Crippen MR) is 117 cm³/mol. The lowest BCUT2D eigenvalue weighted by atomic mass is 10.1. The van der Waals surface area contributed by atoms with E-state index in [0.29, 0.717) is 23.0 Å². The molecule has 0 saturated carbocycles. The third-order valence-corrected chi connectivity index (χ3v) is 7.42. The summed E-state index contributed by atoms with van der Waals surface area (Å²) in [6.45, 7) is 1.69. The molecule has 5 rings (SSSR count). The molecule has 0 radical (unpaired) electrons. The number of fused-ring (bicyclic) bond motifs is 1. The van der Waals surface area contributed by atoms with Crippen molar-refractivity contribution in [1.29, 1.82) is 0 Å². The van der Waals surface area contributed by atoms with E-state index in [-0.39, 0.29) is 5.56 Å². The Bertz CT molecular complexity index is 1180. The monoisotopic (exact) mass is 427 g/mol. The maximum Gasteiger partial charge on any atom is 0.260 e. The Morgan fingerprint density at radius 3 is 2.89 bits per heavy atom. The first-order valence-corrected chi connectivity index (χ1v) is 11.4. The van der Waals surface area contributed by atoms with Gasteiger partial charge in [0.05, 0.1) is 11.9 Å². The summed E-state index contributed by atoms with van der Waals surface area (Å²) in [5.74, 6) is 0.730. The van der Waals surface area contributed by atoms with Gasteiger partial charge in [0.2, 0.25) is 0 Å². The Balaban J connectivity index is 1.49. The van der Waals surface area contributed by atoms with Gasteiger partial charge in [0.25, 0.3) is 5.56 Å². The fourth-order valence-corrected chi connectivity index (χ4v) is 6.05. The quantitative estimate of drug-likeness (QED) is 0.454. The van der Waals surface area contributed by atoms with Crippen molar-refractivity contribution < 1.29 is 0 Å². The number of rotatable bonds is 4. The Kier molecular flexibility index (Phi) is 4.80. The summed E-state index contributed by atoms with van der Waals surface area (Å²) in [5.41, 5.74) is 1.62. The second-order valence-corrected chi connectivity index (χ2v) is 9.21. The number of likely N-dealkylation sites (tertiary alicyclic amines) is 1. The van der Waals surface area contributed by atoms with Crippen LogP contribution in [0.25, 0.3) is 21.3 Å². The molecule has 28 heavy (non-hydrogen) atoms. The molecular formula is C21H18ClN3OS2. The molecule has 1 N–H and O–H groups in total. The predicted octanol–water partition coefficient (Wildman–Crippen LogP) is 5.70. The van der Waals surface area contributed by atoms with Gasteiger partial charge in [0.1, 0.15) is 10.7 Å². The second-order valence-electron chi connectivity index (χ2n) is 6.97. The van der Waals surface area contributed by atoms with E-state index in [1.807, 2.05) is 29.6 Å². The first-order chi connectivity index (χ1) is 13.7. The Morgan fingerprint density at radius 2 is 2.07 bits per heavy atom. The highest BCUT2D eigenvalue weighted by Gasteiger charge is 2.27. The van der Waals surface area contributed by atoms with Gasteiger partial charge < -0.3 is 4.98 Å². The minimum absolute atomic E-state index is 0.0944. The molecule has 0 amide bonds. The van der Waals surface area contributed by atoms with E-state index in [4.69, 9.17) is 16.6 Å². The fourth-order valence-electron chi connectivity index (χ4n) is 3.96. The SMILES string of the molecule is O=c1[nH]c(CN2CCCC2c2cccs2)nc2scc(-c3ccccc3Cl)c12. The minimum Gasteiger partial charge on any atom is -0.309 e. The molecule has 1 aromatic carbocycles. The summed E-state index contributed by atoms with van der Waals surface area (Å²) >= 11 is 9.64. The number of aromatic nitrogens is 2. The molecule has 1 atom stereocenters. The first-order valence-electron chi connectivity index (χ1n) is 9.23. The average molecular weight is 428 g/mol. The van der Waals surface area contributed by atoms with E-state index in [1.165, 1.54) is 22.6 Å². The van der Waals surface area contributed by atoms with Crippen molar-refractivity contribution in [2.75, 3.05) is 6.54 Å². The van der Waals surface area contributed by atoms with Crippen LogP contribution in [0.1, 0.15) is 29.6 Å². The molecule has 142 valence electrons. The van der Waals surface area contributed by atoms with Gasteiger partial charge in [-0.2, -0.15) is 0 Å². The molecule has 3 aromatic heterocycles. The van der Waals surface area contributed by atoms with Crippen LogP contribution in [0.4, 0.5) is 0 Å². The fraction of sp³-hybridized carbons (Fsp3) is 0.238. The number of hydrogen-bond acceptors (Lipinski definition) is 5. The van der Waals surface area contributed by atoms with E-state index in [0.717, 1.165) is 34.7 Å². The average Bonchev–Trinajstić information content (AvgIpc) is 3.42. The van der Waals surface area contributed by atoms with Crippen LogP contribution in [-0.2, 0) is 6.54 Å². The molecule has 0 spiro atoms. The zero-order chi connectivity index (χ0) is 19.1. The van der Waals surface area contributed by atoms with Crippen LogP contribution in [-0.4, -0.2) is 21.4 Å². The van der Waals surface area contributed by atoms with Crippen LogP contribution in [0.2, 0.25) is 5.02 Å². The summed E-state index contributed by atoms with van der Waals surface area (Å²) < 4.78 is 0. The molecule has 0 bridgehead atoms. The molecule has 4 heterocycles. The molecule has 1 aliphatic rings. The van der Waals surface area contributed by atoms with Crippen LogP contribution < -0.4 is 5.56 Å². The van der Waals surface area contributed by atoms with Gasteiger partial charge in [-0.15, -0.1) is 22.7 Å². The number of nitrogens with one attached hydrogen (secondary N) is 1. The van der Waals surface area contributed by atoms with E-state index in [1.54, 1.807) is 11.3 Å². The smallest absolute Gasteiger partial charge is 0.260 e. The molecule has 4 aromatic rings. The molecule has 1 fully saturated rings. The lowest BCUT2D eigenvalue weighted by molar-refractivity contribution is 0.245. The van der Waals surface area contributed by atoms with Gasteiger partial charge >= 0.3 is 0 Å². The molecule has 7 heteroatoms.